The second-order valence-corrected chi connectivity index (χ2v) is 9.00. The van der Waals surface area contributed by atoms with E-state index < -0.39 is 0 Å². The number of nitrogens with zero attached hydrogens (tertiary/aromatic N) is 3. The van der Waals surface area contributed by atoms with Gasteiger partial charge in [-0.25, -0.2) is 9.98 Å². The molecule has 0 saturated heterocycles. The summed E-state index contributed by atoms with van der Waals surface area (Å²) >= 11 is 6.21. The number of halogens is 1. The van der Waals surface area contributed by atoms with Crippen molar-refractivity contribution in [3.63, 3.8) is 0 Å². The molecule has 0 atom stereocenters. The molecule has 0 amide bonds. The third-order valence-electron chi connectivity index (χ3n) is 5.72. The highest BCUT2D eigenvalue weighted by Gasteiger charge is 2.18. The zero-order chi connectivity index (χ0) is 25.8. The Bertz CT molecular complexity index is 1370. The fraction of sp³-hybridized carbons (Fsp3) is 0.222. The lowest BCUT2D eigenvalue weighted by atomic mass is 9.97. The van der Waals surface area contributed by atoms with E-state index in [0.29, 0.717) is 23.1 Å². The second kappa shape index (κ2) is 10.7. The van der Waals surface area contributed by atoms with Gasteiger partial charge in [-0.3, -0.25) is 0 Å². The van der Waals surface area contributed by atoms with E-state index in [4.69, 9.17) is 27.8 Å². The number of aliphatic imine (C=N–C) groups is 1. The summed E-state index contributed by atoms with van der Waals surface area (Å²) < 4.78 is 5.69. The number of amidine groups is 1. The zero-order valence-corrected chi connectivity index (χ0v) is 21.6. The van der Waals surface area contributed by atoms with Crippen molar-refractivity contribution in [1.82, 2.24) is 15.3 Å². The number of aryl methyl sites for hydroxylation is 1. The molecule has 0 bridgehead atoms. The highest BCUT2D eigenvalue weighted by molar-refractivity contribution is 6.32. The third kappa shape index (κ3) is 5.78. The largest absolute Gasteiger partial charge is 0.495 e. The van der Waals surface area contributed by atoms with Gasteiger partial charge in [0.1, 0.15) is 16.6 Å². The Kier molecular flexibility index (Phi) is 7.45. The number of hydrogen-bond donors (Lipinski definition) is 4. The van der Waals surface area contributed by atoms with Crippen LogP contribution in [0.3, 0.4) is 0 Å². The minimum absolute atomic E-state index is 0.195. The number of benzene rings is 2. The normalized spacial score (nSPS) is 13.4. The minimum Gasteiger partial charge on any atom is -0.495 e. The molecule has 1 aromatic heterocycles. The van der Waals surface area contributed by atoms with E-state index in [0.717, 1.165) is 16.7 Å². The Morgan fingerprint density at radius 3 is 2.50 bits per heavy atom. The summed E-state index contributed by atoms with van der Waals surface area (Å²) in [7, 11) is 3.60. The molecule has 2 aromatic carbocycles. The highest BCUT2D eigenvalue weighted by Crippen LogP contribution is 2.38. The average molecular weight is 504 g/mol. The number of hydrogen-bond acceptors (Lipinski definition) is 7. The molecule has 186 valence electrons. The van der Waals surface area contributed by atoms with E-state index in [-0.39, 0.29) is 16.7 Å². The second-order valence-electron chi connectivity index (χ2n) is 8.59. The van der Waals surface area contributed by atoms with Crippen molar-refractivity contribution in [2.45, 2.75) is 26.7 Å². The number of anilines is 2. The highest BCUT2D eigenvalue weighted by atomic mass is 35.5. The molecule has 0 aliphatic heterocycles. The fourth-order valence-electron chi connectivity index (χ4n) is 3.92. The van der Waals surface area contributed by atoms with Gasteiger partial charge in [-0.2, -0.15) is 4.98 Å². The number of methoxy groups -OCH3 is 1. The number of aromatic nitrogens is 2. The van der Waals surface area contributed by atoms with E-state index in [1.54, 1.807) is 14.0 Å². The van der Waals surface area contributed by atoms with E-state index in [1.807, 2.05) is 19.2 Å². The van der Waals surface area contributed by atoms with Crippen molar-refractivity contribution in [1.29, 1.82) is 0 Å². The van der Waals surface area contributed by atoms with Crippen LogP contribution < -0.4 is 26.8 Å². The number of allylic oxidation sites excluding steroid dienone is 2. The first-order chi connectivity index (χ1) is 17.3. The predicted octanol–water partition coefficient (Wildman–Crippen LogP) is 5.43. The van der Waals surface area contributed by atoms with Gasteiger partial charge in [-0.05, 0) is 72.7 Å². The van der Waals surface area contributed by atoms with Crippen molar-refractivity contribution < 1.29 is 4.74 Å². The summed E-state index contributed by atoms with van der Waals surface area (Å²) in [6, 6.07) is 12.6. The maximum Gasteiger partial charge on any atom is 0.229 e. The molecule has 1 aliphatic rings. The van der Waals surface area contributed by atoms with Crippen molar-refractivity contribution in [2.75, 3.05) is 19.5 Å². The number of ether oxygens (including phenoxy) is 1. The lowest BCUT2D eigenvalue weighted by Crippen LogP contribution is -2.10. The van der Waals surface area contributed by atoms with Gasteiger partial charge in [0.2, 0.25) is 5.95 Å². The molecule has 0 unspecified atom stereocenters. The summed E-state index contributed by atoms with van der Waals surface area (Å²) in [5, 5.41) is 6.81. The van der Waals surface area contributed by atoms with Gasteiger partial charge in [0.25, 0.3) is 0 Å². The molecule has 1 aliphatic carbocycles. The summed E-state index contributed by atoms with van der Waals surface area (Å²) in [5.41, 5.74) is 20.0. The third-order valence-corrected chi connectivity index (χ3v) is 5.98. The van der Waals surface area contributed by atoms with Crippen LogP contribution in [0.4, 0.5) is 17.5 Å². The van der Waals surface area contributed by atoms with Crippen molar-refractivity contribution in [3.8, 4) is 16.9 Å². The molecule has 1 saturated carbocycles. The van der Waals surface area contributed by atoms with Gasteiger partial charge in [0.15, 0.2) is 5.82 Å². The van der Waals surface area contributed by atoms with Gasteiger partial charge < -0.3 is 26.8 Å². The smallest absolute Gasteiger partial charge is 0.229 e. The van der Waals surface area contributed by atoms with Crippen LogP contribution in [-0.2, 0) is 0 Å². The predicted molar refractivity (Wildman–Crippen MR) is 148 cm³/mol. The van der Waals surface area contributed by atoms with Crippen LogP contribution in [0.15, 0.2) is 64.9 Å². The Hall–Kier alpha value is -4.04. The molecule has 4 rings (SSSR count). The van der Waals surface area contributed by atoms with Crippen molar-refractivity contribution >= 4 is 40.6 Å². The zero-order valence-electron chi connectivity index (χ0n) is 20.8. The SMILES string of the molecule is CNC(=C1CC1)c1ccc(-c2cc(OC)c(Nc3ncc(Cl)c(N=C(N)/C=C(/C)N)n3)cc2C)cc1. The van der Waals surface area contributed by atoms with Crippen LogP contribution >= 0.6 is 11.6 Å². The van der Waals surface area contributed by atoms with Crippen molar-refractivity contribution in [2.24, 2.45) is 16.5 Å². The molecule has 0 radical (unpaired) electrons. The maximum atomic E-state index is 6.21. The van der Waals surface area contributed by atoms with E-state index >= 15 is 0 Å². The molecule has 3 aromatic rings. The molecule has 1 fully saturated rings. The van der Waals surface area contributed by atoms with E-state index in [1.165, 1.54) is 41.9 Å². The first-order valence-electron chi connectivity index (χ1n) is 11.6. The van der Waals surface area contributed by atoms with Crippen LogP contribution in [0.5, 0.6) is 5.75 Å². The standard InChI is InChI=1S/C27H30ClN7O/c1-15-11-22(33-27-32-14-21(28)26(35-27)34-24(30)12-16(2)29)23(36-4)13-20(15)17-5-7-18(8-6-17)25(31-3)19-9-10-19/h5-8,11-14,31H,9-10,29H2,1-4H3,(H3,30,32,33,34,35)/b16-12-. The lowest BCUT2D eigenvalue weighted by molar-refractivity contribution is 0.417. The van der Waals surface area contributed by atoms with Gasteiger partial charge >= 0.3 is 0 Å². The van der Waals surface area contributed by atoms with Gasteiger partial charge in [-0.1, -0.05) is 35.9 Å². The van der Waals surface area contributed by atoms with E-state index in [9.17, 15) is 0 Å². The van der Waals surface area contributed by atoms with E-state index in [2.05, 4.69) is 56.8 Å². The molecule has 8 nitrogen and oxygen atoms in total. The quantitative estimate of drug-likeness (QED) is 0.238. The van der Waals surface area contributed by atoms with Gasteiger partial charge in [0.05, 0.1) is 19.0 Å². The van der Waals surface area contributed by atoms with Crippen LogP contribution in [0.2, 0.25) is 5.02 Å². The monoisotopic (exact) mass is 503 g/mol. The van der Waals surface area contributed by atoms with Crippen LogP contribution in [0, 0.1) is 6.92 Å². The minimum atomic E-state index is 0.195. The lowest BCUT2D eigenvalue weighted by Gasteiger charge is -2.15. The summed E-state index contributed by atoms with van der Waals surface area (Å²) in [5.74, 6) is 1.39. The number of rotatable bonds is 8. The molecule has 36 heavy (non-hydrogen) atoms. The van der Waals surface area contributed by atoms with Crippen LogP contribution in [-0.4, -0.2) is 30.0 Å². The first-order valence-corrected chi connectivity index (χ1v) is 11.9. The Labute approximate surface area is 216 Å². The Balaban J connectivity index is 1.62. The molecule has 1 heterocycles. The summed E-state index contributed by atoms with van der Waals surface area (Å²) in [6.45, 7) is 3.77. The molecule has 6 N–H and O–H groups in total. The summed E-state index contributed by atoms with van der Waals surface area (Å²) in [4.78, 5) is 12.9. The molecule has 0 spiro atoms. The van der Waals surface area contributed by atoms with Crippen LogP contribution in [0.25, 0.3) is 16.8 Å². The van der Waals surface area contributed by atoms with Gasteiger partial charge in [0, 0.05) is 18.4 Å². The molecular formula is C27H30ClN7O. The first kappa shape index (κ1) is 25.1. The Morgan fingerprint density at radius 1 is 1.17 bits per heavy atom. The number of nitrogens with two attached hydrogens (primary N) is 2. The van der Waals surface area contributed by atoms with Gasteiger partial charge in [-0.15, -0.1) is 0 Å². The average Bonchev–Trinajstić information content (AvgIpc) is 3.67. The fourth-order valence-corrected chi connectivity index (χ4v) is 4.06. The maximum absolute atomic E-state index is 6.21. The Morgan fingerprint density at radius 2 is 1.89 bits per heavy atom. The summed E-state index contributed by atoms with van der Waals surface area (Å²) in [6.07, 6.45) is 5.34. The topological polar surface area (TPSA) is 123 Å². The molecular weight excluding hydrogens is 474 g/mol. The van der Waals surface area contributed by atoms with Crippen molar-refractivity contribution in [3.05, 3.63) is 76.1 Å². The van der Waals surface area contributed by atoms with Crippen LogP contribution in [0.1, 0.15) is 30.9 Å². The number of nitrogens with one attached hydrogen (secondary N) is 2. The molecule has 9 heteroatoms.